The Hall–Kier alpha value is -2.13. The molecule has 0 spiro atoms. The first-order chi connectivity index (χ1) is 11.9. The van der Waals surface area contributed by atoms with E-state index in [1.165, 1.54) is 10.6 Å². The van der Waals surface area contributed by atoms with Gasteiger partial charge in [0.05, 0.1) is 22.3 Å². The van der Waals surface area contributed by atoms with Crippen molar-refractivity contribution in [2.45, 2.75) is 31.2 Å². The van der Waals surface area contributed by atoms with Crippen LogP contribution in [0.3, 0.4) is 0 Å². The first-order valence-corrected chi connectivity index (χ1v) is 9.80. The van der Waals surface area contributed by atoms with Crippen LogP contribution in [0.4, 0.5) is 4.79 Å². The van der Waals surface area contributed by atoms with Crippen LogP contribution in [0.2, 0.25) is 0 Å². The maximum atomic E-state index is 12.9. The van der Waals surface area contributed by atoms with Crippen LogP contribution in [-0.4, -0.2) is 65.8 Å². The predicted molar refractivity (Wildman–Crippen MR) is 94.7 cm³/mol. The number of carbonyl (C=O) groups excluding carboxylic acids is 1. The quantitative estimate of drug-likeness (QED) is 0.858. The number of amides is 2. The highest BCUT2D eigenvalue weighted by molar-refractivity contribution is 7.89. The number of hydrogen-bond acceptors (Lipinski definition) is 4. The number of carbonyl (C=O) groups is 1. The zero-order chi connectivity index (χ0) is 18.0. The van der Waals surface area contributed by atoms with Gasteiger partial charge in [-0.1, -0.05) is 0 Å². The lowest BCUT2D eigenvalue weighted by molar-refractivity contribution is 0.198. The van der Waals surface area contributed by atoms with Gasteiger partial charge in [0.1, 0.15) is 0 Å². The van der Waals surface area contributed by atoms with Crippen LogP contribution in [0.5, 0.6) is 0 Å². The van der Waals surface area contributed by atoms with E-state index in [1.807, 2.05) is 13.8 Å². The number of urea groups is 1. The number of rotatable bonds is 3. The van der Waals surface area contributed by atoms with Gasteiger partial charge in [-0.25, -0.2) is 18.2 Å². The molecular formula is C16H23N5O3S. The van der Waals surface area contributed by atoms with E-state index >= 15 is 0 Å². The zero-order valence-corrected chi connectivity index (χ0v) is 15.2. The number of aromatic nitrogens is 2. The lowest BCUT2D eigenvalue weighted by Gasteiger charge is -2.23. The Morgan fingerprint density at radius 3 is 2.80 bits per heavy atom. The third-order valence-corrected chi connectivity index (χ3v) is 6.08. The van der Waals surface area contributed by atoms with Crippen molar-refractivity contribution in [1.29, 1.82) is 0 Å². The molecule has 0 unspecified atom stereocenters. The lowest BCUT2D eigenvalue weighted by atomic mass is 10.3. The molecule has 1 aliphatic rings. The Kier molecular flexibility index (Phi) is 4.96. The predicted octanol–water partition coefficient (Wildman–Crippen LogP) is 1.38. The molecule has 2 aromatic rings. The molecule has 0 bridgehead atoms. The number of hydrogen-bond donors (Lipinski definition) is 2. The summed E-state index contributed by atoms with van der Waals surface area (Å²) in [4.78, 5) is 21.1. The van der Waals surface area contributed by atoms with Crippen molar-refractivity contribution in [3.8, 4) is 0 Å². The summed E-state index contributed by atoms with van der Waals surface area (Å²) < 4.78 is 27.3. The number of nitrogens with one attached hydrogen (secondary N) is 2. The summed E-state index contributed by atoms with van der Waals surface area (Å²) in [6.45, 7) is 5.41. The van der Waals surface area contributed by atoms with E-state index in [4.69, 9.17) is 0 Å². The van der Waals surface area contributed by atoms with Crippen LogP contribution >= 0.6 is 0 Å². The van der Waals surface area contributed by atoms with Crippen LogP contribution < -0.4 is 5.32 Å². The maximum absolute atomic E-state index is 12.9. The molecule has 1 aromatic heterocycles. The standard InChI is InChI=1S/C16H23N5O3S/c1-12(2)19-16(22)20-6-3-7-21(9-8-20)25(23,24)13-4-5-14-15(10-13)18-11-17-14/h4-5,10-12H,3,6-9H2,1-2H3,(H,17,18)(H,19,22). The van der Waals surface area contributed by atoms with Crippen molar-refractivity contribution >= 4 is 27.1 Å². The molecule has 1 fully saturated rings. The van der Waals surface area contributed by atoms with Gasteiger partial charge in [0.15, 0.2) is 0 Å². The number of fused-ring (bicyclic) bond motifs is 1. The Labute approximate surface area is 147 Å². The Bertz CT molecular complexity index is 862. The molecule has 9 heteroatoms. The molecule has 0 radical (unpaired) electrons. The molecule has 0 saturated carbocycles. The number of H-pyrrole nitrogens is 1. The average Bonchev–Trinajstić information content (AvgIpc) is 2.87. The minimum absolute atomic E-state index is 0.0525. The highest BCUT2D eigenvalue weighted by Gasteiger charge is 2.28. The fraction of sp³-hybridized carbons (Fsp3) is 0.500. The molecule has 136 valence electrons. The van der Waals surface area contributed by atoms with E-state index < -0.39 is 10.0 Å². The molecule has 1 aromatic carbocycles. The summed E-state index contributed by atoms with van der Waals surface area (Å²) in [5.41, 5.74) is 1.42. The van der Waals surface area contributed by atoms with Crippen LogP contribution in [0.25, 0.3) is 11.0 Å². The Morgan fingerprint density at radius 2 is 2.04 bits per heavy atom. The molecule has 0 atom stereocenters. The molecular weight excluding hydrogens is 342 g/mol. The second kappa shape index (κ2) is 7.01. The summed E-state index contributed by atoms with van der Waals surface area (Å²) in [5.74, 6) is 0. The van der Waals surface area contributed by atoms with Gasteiger partial charge in [0.25, 0.3) is 0 Å². The summed E-state index contributed by atoms with van der Waals surface area (Å²) in [7, 11) is -3.60. The van der Waals surface area contributed by atoms with Crippen molar-refractivity contribution in [3.63, 3.8) is 0 Å². The number of imidazole rings is 1. The van der Waals surface area contributed by atoms with Gasteiger partial charge in [-0.3, -0.25) is 0 Å². The molecule has 1 aliphatic heterocycles. The SMILES string of the molecule is CC(C)NC(=O)N1CCCN(S(=O)(=O)c2ccc3nc[nH]c3c2)CC1. The third kappa shape index (κ3) is 3.77. The van der Waals surface area contributed by atoms with E-state index in [0.717, 1.165) is 5.52 Å². The van der Waals surface area contributed by atoms with Gasteiger partial charge < -0.3 is 15.2 Å². The molecule has 2 heterocycles. The first-order valence-electron chi connectivity index (χ1n) is 8.36. The van der Waals surface area contributed by atoms with E-state index in [9.17, 15) is 13.2 Å². The molecule has 2 N–H and O–H groups in total. The molecule has 2 amide bonds. The molecule has 1 saturated heterocycles. The van der Waals surface area contributed by atoms with Crippen molar-refractivity contribution in [1.82, 2.24) is 24.5 Å². The monoisotopic (exact) mass is 365 g/mol. The molecule has 25 heavy (non-hydrogen) atoms. The van der Waals surface area contributed by atoms with Gasteiger partial charge >= 0.3 is 6.03 Å². The van der Waals surface area contributed by atoms with E-state index in [2.05, 4.69) is 15.3 Å². The lowest BCUT2D eigenvalue weighted by Crippen LogP contribution is -2.44. The van der Waals surface area contributed by atoms with Crippen LogP contribution in [0.15, 0.2) is 29.4 Å². The fourth-order valence-electron chi connectivity index (χ4n) is 2.90. The number of aromatic amines is 1. The van der Waals surface area contributed by atoms with Crippen LogP contribution in [-0.2, 0) is 10.0 Å². The molecule has 8 nitrogen and oxygen atoms in total. The number of sulfonamides is 1. The van der Waals surface area contributed by atoms with Crippen molar-refractivity contribution < 1.29 is 13.2 Å². The van der Waals surface area contributed by atoms with Crippen LogP contribution in [0.1, 0.15) is 20.3 Å². The second-order valence-electron chi connectivity index (χ2n) is 6.43. The van der Waals surface area contributed by atoms with E-state index in [1.54, 1.807) is 23.1 Å². The van der Waals surface area contributed by atoms with Gasteiger partial charge in [0.2, 0.25) is 10.0 Å². The first kappa shape index (κ1) is 17.7. The Morgan fingerprint density at radius 1 is 1.24 bits per heavy atom. The third-order valence-electron chi connectivity index (χ3n) is 4.18. The van der Waals surface area contributed by atoms with Crippen molar-refractivity contribution in [2.24, 2.45) is 0 Å². The average molecular weight is 365 g/mol. The van der Waals surface area contributed by atoms with Gasteiger partial charge in [-0.15, -0.1) is 0 Å². The molecule has 3 rings (SSSR count). The number of nitrogens with zero attached hydrogens (tertiary/aromatic N) is 3. The smallest absolute Gasteiger partial charge is 0.317 e. The van der Waals surface area contributed by atoms with Gasteiger partial charge in [-0.2, -0.15) is 4.31 Å². The van der Waals surface area contributed by atoms with E-state index in [0.29, 0.717) is 31.6 Å². The highest BCUT2D eigenvalue weighted by atomic mass is 32.2. The Balaban J connectivity index is 1.75. The van der Waals surface area contributed by atoms with Crippen molar-refractivity contribution in [2.75, 3.05) is 26.2 Å². The summed E-state index contributed by atoms with van der Waals surface area (Å²) >= 11 is 0. The van der Waals surface area contributed by atoms with Crippen LogP contribution in [0, 0.1) is 0 Å². The summed E-state index contributed by atoms with van der Waals surface area (Å²) in [6.07, 6.45) is 2.15. The van der Waals surface area contributed by atoms with Gasteiger partial charge in [-0.05, 0) is 38.5 Å². The number of benzene rings is 1. The zero-order valence-electron chi connectivity index (χ0n) is 14.4. The summed E-state index contributed by atoms with van der Waals surface area (Å²) in [6, 6.07) is 4.78. The fourth-order valence-corrected chi connectivity index (χ4v) is 4.40. The largest absolute Gasteiger partial charge is 0.345 e. The minimum Gasteiger partial charge on any atom is -0.345 e. The minimum atomic E-state index is -3.60. The topological polar surface area (TPSA) is 98.4 Å². The normalized spacial score (nSPS) is 17.0. The summed E-state index contributed by atoms with van der Waals surface area (Å²) in [5, 5.41) is 2.85. The van der Waals surface area contributed by atoms with Crippen molar-refractivity contribution in [3.05, 3.63) is 24.5 Å². The highest BCUT2D eigenvalue weighted by Crippen LogP contribution is 2.21. The second-order valence-corrected chi connectivity index (χ2v) is 8.37. The van der Waals surface area contributed by atoms with E-state index in [-0.39, 0.29) is 23.5 Å². The maximum Gasteiger partial charge on any atom is 0.317 e. The molecule has 0 aliphatic carbocycles. The van der Waals surface area contributed by atoms with Gasteiger partial charge in [0, 0.05) is 32.2 Å².